The van der Waals surface area contributed by atoms with Crippen LogP contribution in [0.4, 0.5) is 0 Å². The van der Waals surface area contributed by atoms with Gasteiger partial charge in [0, 0.05) is 6.16 Å². The summed E-state index contributed by atoms with van der Waals surface area (Å²) in [5.74, 6) is -7.42. The standard InChI is InChI=1S/C7H9O7P/c8-5(9)1-3(6(10)11)4(2-15-14)7(12)13/h3-4H,1-2H2,(H,8,9)(H,10,11)(H,12,13). The van der Waals surface area contributed by atoms with Crippen LogP contribution in [0.2, 0.25) is 0 Å². The summed E-state index contributed by atoms with van der Waals surface area (Å²) in [7, 11) is -0.525. The largest absolute Gasteiger partial charge is 0.481 e. The molecule has 84 valence electrons. The van der Waals surface area contributed by atoms with Gasteiger partial charge in [-0.15, -0.1) is 0 Å². The van der Waals surface area contributed by atoms with Gasteiger partial charge in [-0.3, -0.25) is 18.9 Å². The number of rotatable bonds is 7. The van der Waals surface area contributed by atoms with E-state index in [2.05, 4.69) is 0 Å². The maximum Gasteiger partial charge on any atom is 0.308 e. The summed E-state index contributed by atoms with van der Waals surface area (Å²) in [5, 5.41) is 25.7. The van der Waals surface area contributed by atoms with Crippen molar-refractivity contribution in [3.05, 3.63) is 0 Å². The van der Waals surface area contributed by atoms with Crippen molar-refractivity contribution in [1.29, 1.82) is 0 Å². The van der Waals surface area contributed by atoms with Crippen LogP contribution in [0.25, 0.3) is 0 Å². The Kier molecular flexibility index (Phi) is 5.48. The molecule has 0 radical (unpaired) electrons. The fraction of sp³-hybridized carbons (Fsp3) is 0.571. The minimum Gasteiger partial charge on any atom is -0.481 e. The zero-order valence-corrected chi connectivity index (χ0v) is 8.39. The van der Waals surface area contributed by atoms with Crippen LogP contribution < -0.4 is 0 Å². The van der Waals surface area contributed by atoms with Crippen LogP contribution in [0, 0.1) is 11.8 Å². The molecular formula is C7H9O7P. The summed E-state index contributed by atoms with van der Waals surface area (Å²) in [4.78, 5) is 31.5. The minimum atomic E-state index is -1.57. The maximum atomic E-state index is 10.6. The van der Waals surface area contributed by atoms with Crippen LogP contribution in [0.5, 0.6) is 0 Å². The van der Waals surface area contributed by atoms with Crippen molar-refractivity contribution < 1.29 is 34.3 Å². The Morgan fingerprint density at radius 1 is 1.00 bits per heavy atom. The third-order valence-corrected chi connectivity index (χ3v) is 2.33. The second-order valence-electron chi connectivity index (χ2n) is 2.80. The van der Waals surface area contributed by atoms with Gasteiger partial charge in [0.2, 0.25) is 0 Å². The Bertz CT molecular complexity index is 287. The second-order valence-corrected chi connectivity index (χ2v) is 3.42. The molecular weight excluding hydrogens is 227 g/mol. The third-order valence-electron chi connectivity index (χ3n) is 1.79. The molecule has 7 nitrogen and oxygen atoms in total. The van der Waals surface area contributed by atoms with Crippen molar-refractivity contribution in [3.8, 4) is 0 Å². The lowest BCUT2D eigenvalue weighted by Gasteiger charge is -2.15. The number of carbonyl (C=O) groups is 3. The number of hydrogen-bond acceptors (Lipinski definition) is 4. The molecule has 0 aliphatic carbocycles. The van der Waals surface area contributed by atoms with Crippen molar-refractivity contribution in [2.45, 2.75) is 6.42 Å². The van der Waals surface area contributed by atoms with Crippen molar-refractivity contribution in [2.24, 2.45) is 11.8 Å². The highest BCUT2D eigenvalue weighted by Gasteiger charge is 2.35. The maximum absolute atomic E-state index is 10.6. The smallest absolute Gasteiger partial charge is 0.308 e. The van der Waals surface area contributed by atoms with Crippen LogP contribution in [-0.4, -0.2) is 39.4 Å². The number of hydrogen-bond donors (Lipinski definition) is 3. The van der Waals surface area contributed by atoms with E-state index < -0.39 is 50.8 Å². The monoisotopic (exact) mass is 236 g/mol. The average Bonchev–Trinajstić information content (AvgIpc) is 2.09. The molecule has 0 spiro atoms. The highest BCUT2D eigenvalue weighted by molar-refractivity contribution is 7.23. The lowest BCUT2D eigenvalue weighted by molar-refractivity contribution is -0.156. The molecule has 0 heterocycles. The Balaban J connectivity index is 4.82. The molecule has 0 saturated heterocycles. The molecule has 0 saturated carbocycles. The predicted octanol–water partition coefficient (Wildman–Crippen LogP) is 0.154. The van der Waals surface area contributed by atoms with Gasteiger partial charge in [-0.05, 0) is 0 Å². The summed E-state index contributed by atoms with van der Waals surface area (Å²) in [6.07, 6.45) is -1.22. The van der Waals surface area contributed by atoms with Gasteiger partial charge in [-0.25, -0.2) is 0 Å². The molecule has 0 aromatic heterocycles. The van der Waals surface area contributed by atoms with Crippen molar-refractivity contribution in [1.82, 2.24) is 0 Å². The lowest BCUT2D eigenvalue weighted by atomic mass is 9.91. The molecule has 0 aliphatic heterocycles. The zero-order valence-electron chi connectivity index (χ0n) is 7.49. The normalized spacial score (nSPS) is 14.4. The fourth-order valence-corrected chi connectivity index (χ4v) is 1.62. The van der Waals surface area contributed by atoms with Crippen molar-refractivity contribution in [3.63, 3.8) is 0 Å². The predicted molar refractivity (Wildman–Crippen MR) is 47.0 cm³/mol. The molecule has 2 unspecified atom stereocenters. The summed E-state index contributed by atoms with van der Waals surface area (Å²) >= 11 is 0. The first kappa shape index (κ1) is 13.5. The van der Waals surface area contributed by atoms with E-state index in [4.69, 9.17) is 15.3 Å². The topological polar surface area (TPSA) is 129 Å². The average molecular weight is 236 g/mol. The number of carboxylic acid groups (broad SMARTS) is 3. The van der Waals surface area contributed by atoms with E-state index in [1.54, 1.807) is 0 Å². The molecule has 0 amide bonds. The Hall–Kier alpha value is -1.49. The molecule has 0 rings (SSSR count). The van der Waals surface area contributed by atoms with E-state index in [0.29, 0.717) is 0 Å². The summed E-state index contributed by atoms with van der Waals surface area (Å²) in [5.41, 5.74) is 0. The van der Waals surface area contributed by atoms with Crippen LogP contribution in [0.3, 0.4) is 0 Å². The summed E-state index contributed by atoms with van der Waals surface area (Å²) in [6, 6.07) is 0. The molecule has 15 heavy (non-hydrogen) atoms. The Morgan fingerprint density at radius 3 is 1.73 bits per heavy atom. The molecule has 0 bridgehead atoms. The fourth-order valence-electron chi connectivity index (χ4n) is 1.05. The van der Waals surface area contributed by atoms with Gasteiger partial charge in [0.25, 0.3) is 0 Å². The molecule has 2 atom stereocenters. The molecule has 0 aromatic rings. The van der Waals surface area contributed by atoms with Crippen LogP contribution >= 0.6 is 8.46 Å². The molecule has 0 fully saturated rings. The highest BCUT2D eigenvalue weighted by atomic mass is 31.1. The van der Waals surface area contributed by atoms with Gasteiger partial charge in [0.05, 0.1) is 18.3 Å². The van der Waals surface area contributed by atoms with Gasteiger partial charge in [-0.1, -0.05) is 0 Å². The van der Waals surface area contributed by atoms with Gasteiger partial charge in [-0.2, -0.15) is 0 Å². The van der Waals surface area contributed by atoms with Gasteiger partial charge >= 0.3 is 17.9 Å². The second kappa shape index (κ2) is 6.08. The Labute approximate surface area is 85.9 Å². The summed E-state index contributed by atoms with van der Waals surface area (Å²) in [6.45, 7) is 0. The molecule has 8 heteroatoms. The van der Waals surface area contributed by atoms with E-state index in [1.165, 1.54) is 0 Å². The molecule has 0 aliphatic rings. The van der Waals surface area contributed by atoms with E-state index >= 15 is 0 Å². The first-order valence-corrected chi connectivity index (χ1v) is 4.86. The zero-order chi connectivity index (χ0) is 12.0. The van der Waals surface area contributed by atoms with Gasteiger partial charge < -0.3 is 15.3 Å². The van der Waals surface area contributed by atoms with Crippen LogP contribution in [-0.2, 0) is 18.9 Å². The number of aliphatic carboxylic acids is 3. The van der Waals surface area contributed by atoms with Crippen LogP contribution in [0.1, 0.15) is 6.42 Å². The van der Waals surface area contributed by atoms with Crippen LogP contribution in [0.15, 0.2) is 0 Å². The number of carboxylic acids is 3. The van der Waals surface area contributed by atoms with E-state index in [0.717, 1.165) is 0 Å². The third kappa shape index (κ3) is 4.51. The Morgan fingerprint density at radius 2 is 1.47 bits per heavy atom. The molecule has 3 N–H and O–H groups in total. The first-order valence-electron chi connectivity index (χ1n) is 3.86. The quantitative estimate of drug-likeness (QED) is 0.536. The van der Waals surface area contributed by atoms with Crippen molar-refractivity contribution in [2.75, 3.05) is 6.16 Å². The first-order chi connectivity index (χ1) is 6.90. The van der Waals surface area contributed by atoms with E-state index in [1.807, 2.05) is 0 Å². The lowest BCUT2D eigenvalue weighted by Crippen LogP contribution is -2.32. The van der Waals surface area contributed by atoms with E-state index in [-0.39, 0.29) is 0 Å². The molecule has 0 aromatic carbocycles. The van der Waals surface area contributed by atoms with E-state index in [9.17, 15) is 18.9 Å². The highest BCUT2D eigenvalue weighted by Crippen LogP contribution is 2.21. The minimum absolute atomic E-state index is 0.417. The SMILES string of the molecule is O=PCC(C(=O)O)C(CC(=O)O)C(=O)O. The van der Waals surface area contributed by atoms with Gasteiger partial charge in [0.15, 0.2) is 8.46 Å². The van der Waals surface area contributed by atoms with Crippen molar-refractivity contribution >= 4 is 26.4 Å². The van der Waals surface area contributed by atoms with Gasteiger partial charge in [0.1, 0.15) is 0 Å². The summed E-state index contributed by atoms with van der Waals surface area (Å²) < 4.78 is 10.2.